The fraction of sp³-hybridized carbons (Fsp3) is 0.483. The zero-order valence-corrected chi connectivity index (χ0v) is 21.9. The fourth-order valence-corrected chi connectivity index (χ4v) is 3.75. The van der Waals surface area contributed by atoms with E-state index in [0.717, 1.165) is 35.6 Å². The van der Waals surface area contributed by atoms with Crippen molar-refractivity contribution in [2.24, 2.45) is 0 Å². The van der Waals surface area contributed by atoms with Crippen molar-refractivity contribution in [3.05, 3.63) is 71.1 Å². The van der Waals surface area contributed by atoms with Crippen molar-refractivity contribution < 1.29 is 33.3 Å². The van der Waals surface area contributed by atoms with Crippen molar-refractivity contribution in [3.8, 4) is 16.9 Å². The van der Waals surface area contributed by atoms with E-state index in [1.165, 1.54) is 16.7 Å². The molecule has 0 saturated carbocycles. The third kappa shape index (κ3) is 10.6. The number of nitrogens with zero attached hydrogens (tertiary/aromatic N) is 1. The minimum atomic E-state index is 0.0266. The fourth-order valence-electron chi connectivity index (χ4n) is 3.75. The standard InChI is InChI=1S/C29H39NO7/c1-23-20-29(24(2)19-28(23)25-7-4-3-5-8-25)36-11-6-9-27-21-26(30-37-27)22-35-18-17-34-16-15-33-14-13-32-12-10-31/h3-5,7-8,19-21,31H,6,9-18,22H2,1-2H3. The number of aryl methyl sites for hydroxylation is 3. The predicted molar refractivity (Wildman–Crippen MR) is 141 cm³/mol. The van der Waals surface area contributed by atoms with Crippen molar-refractivity contribution in [3.63, 3.8) is 0 Å². The van der Waals surface area contributed by atoms with Crippen LogP contribution in [0.4, 0.5) is 0 Å². The quantitative estimate of drug-likeness (QED) is 0.234. The Hall–Kier alpha value is -2.75. The molecule has 0 aliphatic carbocycles. The molecule has 8 nitrogen and oxygen atoms in total. The summed E-state index contributed by atoms with van der Waals surface area (Å²) < 4.78 is 33.0. The number of benzene rings is 2. The highest BCUT2D eigenvalue weighted by Crippen LogP contribution is 2.30. The van der Waals surface area contributed by atoms with E-state index in [9.17, 15) is 0 Å². The minimum absolute atomic E-state index is 0.0266. The number of hydrogen-bond acceptors (Lipinski definition) is 8. The lowest BCUT2D eigenvalue weighted by Crippen LogP contribution is -2.12. The Morgan fingerprint density at radius 1 is 0.757 bits per heavy atom. The van der Waals surface area contributed by atoms with E-state index >= 15 is 0 Å². The van der Waals surface area contributed by atoms with Crippen LogP contribution in [0.5, 0.6) is 5.75 Å². The Morgan fingerprint density at radius 2 is 1.43 bits per heavy atom. The number of rotatable bonds is 19. The van der Waals surface area contributed by atoms with Crippen LogP contribution in [0.2, 0.25) is 0 Å². The molecule has 37 heavy (non-hydrogen) atoms. The van der Waals surface area contributed by atoms with Gasteiger partial charge in [0.05, 0.1) is 66.1 Å². The third-order valence-electron chi connectivity index (χ3n) is 5.64. The second kappa shape index (κ2) is 16.9. The lowest BCUT2D eigenvalue weighted by molar-refractivity contribution is -0.00788. The first kappa shape index (κ1) is 28.8. The molecule has 0 fully saturated rings. The maximum Gasteiger partial charge on any atom is 0.137 e. The highest BCUT2D eigenvalue weighted by atomic mass is 16.6. The summed E-state index contributed by atoms with van der Waals surface area (Å²) in [7, 11) is 0. The van der Waals surface area contributed by atoms with E-state index in [1.807, 2.05) is 12.1 Å². The molecule has 0 spiro atoms. The van der Waals surface area contributed by atoms with E-state index < -0.39 is 0 Å². The van der Waals surface area contributed by atoms with E-state index in [-0.39, 0.29) is 6.61 Å². The Kier molecular flexibility index (Phi) is 13.2. The van der Waals surface area contributed by atoms with Gasteiger partial charge in [-0.25, -0.2) is 0 Å². The molecule has 0 amide bonds. The summed E-state index contributed by atoms with van der Waals surface area (Å²) in [5.41, 5.74) is 5.55. The number of hydrogen-bond donors (Lipinski definition) is 1. The Bertz CT molecular complexity index is 1020. The third-order valence-corrected chi connectivity index (χ3v) is 5.64. The topological polar surface area (TPSA) is 92.4 Å². The number of aliphatic hydroxyl groups is 1. The van der Waals surface area contributed by atoms with Gasteiger partial charge in [0, 0.05) is 12.5 Å². The van der Waals surface area contributed by atoms with Crippen molar-refractivity contribution in [1.82, 2.24) is 5.16 Å². The van der Waals surface area contributed by atoms with Gasteiger partial charge >= 0.3 is 0 Å². The Morgan fingerprint density at radius 3 is 2.14 bits per heavy atom. The molecule has 1 N–H and O–H groups in total. The Labute approximate surface area is 219 Å². The molecular weight excluding hydrogens is 474 g/mol. The average Bonchev–Trinajstić information content (AvgIpc) is 3.37. The van der Waals surface area contributed by atoms with E-state index in [1.54, 1.807) is 0 Å². The van der Waals surface area contributed by atoms with E-state index in [2.05, 4.69) is 55.4 Å². The van der Waals surface area contributed by atoms with Crippen LogP contribution in [-0.2, 0) is 32.0 Å². The zero-order chi connectivity index (χ0) is 26.1. The van der Waals surface area contributed by atoms with Crippen molar-refractivity contribution in [2.45, 2.75) is 33.3 Å². The summed E-state index contributed by atoms with van der Waals surface area (Å²) in [6, 6.07) is 16.7. The molecule has 3 aromatic rings. The first-order valence-electron chi connectivity index (χ1n) is 12.8. The van der Waals surface area contributed by atoms with Crippen LogP contribution in [0.25, 0.3) is 11.1 Å². The number of aliphatic hydroxyl groups excluding tert-OH is 1. The van der Waals surface area contributed by atoms with Crippen molar-refractivity contribution in [2.75, 3.05) is 59.5 Å². The predicted octanol–water partition coefficient (Wildman–Crippen LogP) is 4.53. The summed E-state index contributed by atoms with van der Waals surface area (Å²) >= 11 is 0. The Balaban J connectivity index is 1.25. The summed E-state index contributed by atoms with van der Waals surface area (Å²) in [6.45, 7) is 8.46. The van der Waals surface area contributed by atoms with Gasteiger partial charge in [0.2, 0.25) is 0 Å². The molecule has 1 aromatic heterocycles. The van der Waals surface area contributed by atoms with Gasteiger partial charge < -0.3 is 33.3 Å². The molecular formula is C29H39NO7. The molecule has 0 aliphatic rings. The van der Waals surface area contributed by atoms with Gasteiger partial charge in [0.1, 0.15) is 17.2 Å². The SMILES string of the molecule is Cc1cc(-c2ccccc2)c(C)cc1OCCCc1cc(COCCOCCOCCOCCO)no1. The maximum atomic E-state index is 8.60. The molecule has 0 atom stereocenters. The molecule has 8 heteroatoms. The van der Waals surface area contributed by atoms with Crippen LogP contribution in [-0.4, -0.2) is 69.7 Å². The molecule has 1 heterocycles. The van der Waals surface area contributed by atoms with Crippen LogP contribution in [0.3, 0.4) is 0 Å². The van der Waals surface area contributed by atoms with Crippen LogP contribution in [0.1, 0.15) is 29.0 Å². The molecule has 0 bridgehead atoms. The normalized spacial score (nSPS) is 11.2. The van der Waals surface area contributed by atoms with Crippen LogP contribution in [0, 0.1) is 13.8 Å². The summed E-state index contributed by atoms with van der Waals surface area (Å²) in [5, 5.41) is 12.7. The smallest absolute Gasteiger partial charge is 0.137 e. The lowest BCUT2D eigenvalue weighted by atomic mass is 9.98. The second-order valence-electron chi connectivity index (χ2n) is 8.65. The van der Waals surface area contributed by atoms with Gasteiger partial charge in [0.25, 0.3) is 0 Å². The first-order chi connectivity index (χ1) is 18.2. The van der Waals surface area contributed by atoms with Crippen LogP contribution < -0.4 is 4.74 Å². The molecule has 3 rings (SSSR count). The zero-order valence-electron chi connectivity index (χ0n) is 21.9. The molecule has 0 saturated heterocycles. The maximum absolute atomic E-state index is 8.60. The van der Waals surface area contributed by atoms with Gasteiger partial charge in [-0.05, 0) is 54.7 Å². The van der Waals surface area contributed by atoms with E-state index in [4.69, 9.17) is 33.3 Å². The van der Waals surface area contributed by atoms with Gasteiger partial charge in [0.15, 0.2) is 0 Å². The molecule has 202 valence electrons. The molecule has 2 aromatic carbocycles. The van der Waals surface area contributed by atoms with Crippen LogP contribution in [0.15, 0.2) is 53.1 Å². The average molecular weight is 514 g/mol. The molecule has 0 unspecified atom stereocenters. The highest BCUT2D eigenvalue weighted by Gasteiger charge is 2.09. The summed E-state index contributed by atoms with van der Waals surface area (Å²) in [6.07, 6.45) is 1.58. The largest absolute Gasteiger partial charge is 0.493 e. The van der Waals surface area contributed by atoms with Gasteiger partial charge in [-0.2, -0.15) is 0 Å². The van der Waals surface area contributed by atoms with Gasteiger partial charge in [-0.15, -0.1) is 0 Å². The van der Waals surface area contributed by atoms with Crippen molar-refractivity contribution in [1.29, 1.82) is 0 Å². The molecule has 0 aliphatic heterocycles. The molecule has 0 radical (unpaired) electrons. The summed E-state index contributed by atoms with van der Waals surface area (Å²) in [4.78, 5) is 0. The number of ether oxygens (including phenoxy) is 5. The number of aromatic nitrogens is 1. The van der Waals surface area contributed by atoms with Gasteiger partial charge in [-0.1, -0.05) is 35.5 Å². The van der Waals surface area contributed by atoms with E-state index in [0.29, 0.717) is 59.5 Å². The summed E-state index contributed by atoms with van der Waals surface area (Å²) in [5.74, 6) is 1.75. The first-order valence-corrected chi connectivity index (χ1v) is 12.8. The minimum Gasteiger partial charge on any atom is -0.493 e. The monoisotopic (exact) mass is 513 g/mol. The highest BCUT2D eigenvalue weighted by molar-refractivity contribution is 5.69. The van der Waals surface area contributed by atoms with Crippen LogP contribution >= 0.6 is 0 Å². The van der Waals surface area contributed by atoms with Gasteiger partial charge in [-0.3, -0.25) is 0 Å². The van der Waals surface area contributed by atoms with Crippen molar-refractivity contribution >= 4 is 0 Å². The lowest BCUT2D eigenvalue weighted by Gasteiger charge is -2.13. The second-order valence-corrected chi connectivity index (χ2v) is 8.65.